The quantitative estimate of drug-likeness (QED) is 0.743. The van der Waals surface area contributed by atoms with Gasteiger partial charge in [0.2, 0.25) is 5.95 Å². The molecule has 0 fully saturated rings. The smallest absolute Gasteiger partial charge is 0.243 e. The number of nitrogens with zero attached hydrogens (tertiary/aromatic N) is 4. The zero-order chi connectivity index (χ0) is 15.5. The molecule has 0 bridgehead atoms. The van der Waals surface area contributed by atoms with E-state index in [2.05, 4.69) is 15.3 Å². The summed E-state index contributed by atoms with van der Waals surface area (Å²) in [5, 5.41) is 13.6. The number of hydrogen-bond acceptors (Lipinski definition) is 4. The van der Waals surface area contributed by atoms with Crippen molar-refractivity contribution in [1.29, 1.82) is 0 Å². The number of halogens is 2. The van der Waals surface area contributed by atoms with Crippen molar-refractivity contribution in [3.05, 3.63) is 64.1 Å². The van der Waals surface area contributed by atoms with Gasteiger partial charge >= 0.3 is 0 Å². The number of nitrogens with two attached hydrogens (primary N) is 1. The number of benzene rings is 2. The van der Waals surface area contributed by atoms with E-state index in [9.17, 15) is 0 Å². The minimum atomic E-state index is 0.204. The van der Waals surface area contributed by atoms with Crippen LogP contribution in [-0.2, 0) is 0 Å². The molecule has 110 valence electrons. The van der Waals surface area contributed by atoms with E-state index in [1.807, 2.05) is 24.3 Å². The highest BCUT2D eigenvalue weighted by Crippen LogP contribution is 2.21. The first-order valence-corrected chi connectivity index (χ1v) is 7.16. The number of hydrogen-bond donors (Lipinski definition) is 1. The molecule has 1 aromatic heterocycles. The van der Waals surface area contributed by atoms with E-state index in [4.69, 9.17) is 28.9 Å². The third kappa shape index (κ3) is 3.10. The predicted molar refractivity (Wildman–Crippen MR) is 89.3 cm³/mol. The standard InChI is InChI=1S/C15H11Cl2N5/c16-12-5-1-10(2-6-12)9-19-22-14(20-21-15(22)18)11-3-7-13(17)8-4-11/h1-9H,(H2,18,21)/b19-9+. The molecule has 22 heavy (non-hydrogen) atoms. The minimum Gasteiger partial charge on any atom is -0.366 e. The van der Waals surface area contributed by atoms with Crippen molar-refractivity contribution in [2.24, 2.45) is 5.10 Å². The van der Waals surface area contributed by atoms with Crippen LogP contribution >= 0.6 is 23.2 Å². The molecule has 0 radical (unpaired) electrons. The lowest BCUT2D eigenvalue weighted by atomic mass is 10.2. The maximum absolute atomic E-state index is 5.89. The van der Waals surface area contributed by atoms with E-state index >= 15 is 0 Å². The average Bonchev–Trinajstić information content (AvgIpc) is 2.89. The molecule has 2 aromatic carbocycles. The van der Waals surface area contributed by atoms with Gasteiger partial charge in [0.1, 0.15) is 0 Å². The van der Waals surface area contributed by atoms with Crippen LogP contribution in [0.3, 0.4) is 0 Å². The van der Waals surface area contributed by atoms with E-state index in [0.29, 0.717) is 15.9 Å². The van der Waals surface area contributed by atoms with Crippen LogP contribution < -0.4 is 5.73 Å². The van der Waals surface area contributed by atoms with E-state index in [1.54, 1.807) is 30.5 Å². The Balaban J connectivity index is 1.95. The summed E-state index contributed by atoms with van der Waals surface area (Å²) in [5.41, 5.74) is 7.53. The Morgan fingerprint density at radius 1 is 0.909 bits per heavy atom. The lowest BCUT2D eigenvalue weighted by Gasteiger charge is -2.02. The van der Waals surface area contributed by atoms with Gasteiger partial charge in [0.25, 0.3) is 0 Å². The maximum Gasteiger partial charge on any atom is 0.243 e. The summed E-state index contributed by atoms with van der Waals surface area (Å²) in [5.74, 6) is 0.745. The monoisotopic (exact) mass is 331 g/mol. The van der Waals surface area contributed by atoms with Crippen molar-refractivity contribution < 1.29 is 0 Å². The second-order valence-corrected chi connectivity index (χ2v) is 5.37. The van der Waals surface area contributed by atoms with Gasteiger partial charge in [-0.15, -0.1) is 10.2 Å². The van der Waals surface area contributed by atoms with Crippen LogP contribution in [0.1, 0.15) is 5.56 Å². The van der Waals surface area contributed by atoms with Crippen molar-refractivity contribution in [2.45, 2.75) is 0 Å². The van der Waals surface area contributed by atoms with Crippen LogP contribution in [0.5, 0.6) is 0 Å². The molecule has 0 amide bonds. The molecule has 1 heterocycles. The molecule has 7 heteroatoms. The largest absolute Gasteiger partial charge is 0.366 e. The van der Waals surface area contributed by atoms with Gasteiger partial charge in [-0.05, 0) is 42.0 Å². The summed E-state index contributed by atoms with van der Waals surface area (Å²) < 4.78 is 1.47. The molecular weight excluding hydrogens is 321 g/mol. The third-order valence-corrected chi connectivity index (χ3v) is 3.46. The van der Waals surface area contributed by atoms with Gasteiger partial charge < -0.3 is 5.73 Å². The summed E-state index contributed by atoms with van der Waals surface area (Å²) >= 11 is 11.7. The first-order chi connectivity index (χ1) is 10.6. The molecule has 2 N–H and O–H groups in total. The van der Waals surface area contributed by atoms with Crippen LogP contribution in [0.15, 0.2) is 53.6 Å². The Kier molecular flexibility index (Phi) is 4.09. The first-order valence-electron chi connectivity index (χ1n) is 6.40. The Bertz CT molecular complexity index is 807. The second kappa shape index (κ2) is 6.17. The molecule has 0 aliphatic heterocycles. The topological polar surface area (TPSA) is 69.1 Å². The number of anilines is 1. The molecule has 5 nitrogen and oxygen atoms in total. The summed E-state index contributed by atoms with van der Waals surface area (Å²) in [6.07, 6.45) is 1.66. The highest BCUT2D eigenvalue weighted by molar-refractivity contribution is 6.30. The number of nitrogen functional groups attached to an aromatic ring is 1. The summed E-state index contributed by atoms with van der Waals surface area (Å²) in [4.78, 5) is 0. The molecule has 0 unspecified atom stereocenters. The van der Waals surface area contributed by atoms with Crippen LogP contribution in [0.2, 0.25) is 10.0 Å². The zero-order valence-electron chi connectivity index (χ0n) is 11.3. The van der Waals surface area contributed by atoms with Gasteiger partial charge in [-0.3, -0.25) is 0 Å². The average molecular weight is 332 g/mol. The predicted octanol–water partition coefficient (Wildman–Crippen LogP) is 3.72. The van der Waals surface area contributed by atoms with Gasteiger partial charge in [-0.25, -0.2) is 0 Å². The lowest BCUT2D eigenvalue weighted by molar-refractivity contribution is 0.902. The Labute approximate surface area is 137 Å². The maximum atomic E-state index is 5.89. The van der Waals surface area contributed by atoms with Crippen LogP contribution in [0.4, 0.5) is 5.95 Å². The van der Waals surface area contributed by atoms with Crippen LogP contribution in [0, 0.1) is 0 Å². The summed E-state index contributed by atoms with van der Waals surface area (Å²) in [7, 11) is 0. The molecule has 3 rings (SSSR count). The molecule has 0 aliphatic carbocycles. The minimum absolute atomic E-state index is 0.204. The molecule has 0 atom stereocenters. The van der Waals surface area contributed by atoms with Crippen molar-refractivity contribution >= 4 is 35.4 Å². The Morgan fingerprint density at radius 2 is 1.50 bits per heavy atom. The zero-order valence-corrected chi connectivity index (χ0v) is 12.8. The second-order valence-electron chi connectivity index (χ2n) is 4.50. The van der Waals surface area contributed by atoms with Crippen molar-refractivity contribution in [3.8, 4) is 11.4 Å². The molecule has 0 saturated heterocycles. The Hall–Kier alpha value is -2.37. The number of rotatable bonds is 3. The van der Waals surface area contributed by atoms with Gasteiger partial charge in [0.05, 0.1) is 6.21 Å². The fraction of sp³-hybridized carbons (Fsp3) is 0. The highest BCUT2D eigenvalue weighted by atomic mass is 35.5. The Morgan fingerprint density at radius 3 is 2.14 bits per heavy atom. The third-order valence-electron chi connectivity index (χ3n) is 2.96. The van der Waals surface area contributed by atoms with E-state index in [-0.39, 0.29) is 5.95 Å². The van der Waals surface area contributed by atoms with Gasteiger partial charge in [-0.1, -0.05) is 35.3 Å². The molecule has 0 spiro atoms. The molecule has 0 aliphatic rings. The highest BCUT2D eigenvalue weighted by Gasteiger charge is 2.10. The van der Waals surface area contributed by atoms with Crippen LogP contribution in [-0.4, -0.2) is 21.1 Å². The SMILES string of the molecule is Nc1nnc(-c2ccc(Cl)cc2)n1/N=C/c1ccc(Cl)cc1. The lowest BCUT2D eigenvalue weighted by Crippen LogP contribution is -2.00. The van der Waals surface area contributed by atoms with Gasteiger partial charge in [-0.2, -0.15) is 9.78 Å². The normalized spacial score (nSPS) is 11.2. The van der Waals surface area contributed by atoms with Crippen LogP contribution in [0.25, 0.3) is 11.4 Å². The number of aromatic nitrogens is 3. The van der Waals surface area contributed by atoms with Gasteiger partial charge in [0.15, 0.2) is 5.82 Å². The van der Waals surface area contributed by atoms with Crippen molar-refractivity contribution in [1.82, 2.24) is 14.9 Å². The fourth-order valence-electron chi connectivity index (χ4n) is 1.86. The molecular formula is C15H11Cl2N5. The van der Waals surface area contributed by atoms with Crippen molar-refractivity contribution in [2.75, 3.05) is 5.73 Å². The molecule has 0 saturated carbocycles. The van der Waals surface area contributed by atoms with E-state index in [0.717, 1.165) is 11.1 Å². The molecule has 3 aromatic rings. The fourth-order valence-corrected chi connectivity index (χ4v) is 2.11. The first kappa shape index (κ1) is 14.6. The summed E-state index contributed by atoms with van der Waals surface area (Å²) in [6.45, 7) is 0. The van der Waals surface area contributed by atoms with Gasteiger partial charge in [0, 0.05) is 15.6 Å². The van der Waals surface area contributed by atoms with E-state index in [1.165, 1.54) is 4.68 Å². The summed E-state index contributed by atoms with van der Waals surface area (Å²) in [6, 6.07) is 14.5. The van der Waals surface area contributed by atoms with Crippen molar-refractivity contribution in [3.63, 3.8) is 0 Å². The van der Waals surface area contributed by atoms with E-state index < -0.39 is 0 Å².